The van der Waals surface area contributed by atoms with Crippen molar-refractivity contribution < 1.29 is 29.0 Å². The summed E-state index contributed by atoms with van der Waals surface area (Å²) in [4.78, 5) is 59.8. The number of amides is 3. The van der Waals surface area contributed by atoms with Gasteiger partial charge in [0, 0.05) is 42.6 Å². The Balaban J connectivity index is 1.45. The van der Waals surface area contributed by atoms with Crippen molar-refractivity contribution >= 4 is 23.7 Å². The molecule has 0 bridgehead atoms. The van der Waals surface area contributed by atoms with Gasteiger partial charge in [0.25, 0.3) is 5.91 Å². The fraction of sp³-hybridized carbons (Fsp3) is 0.381. The maximum atomic E-state index is 13.5. The first-order valence-electron chi connectivity index (χ1n) is 18.2. The van der Waals surface area contributed by atoms with Crippen molar-refractivity contribution in [2.24, 2.45) is 0 Å². The molecule has 4 N–H and O–H groups in total. The smallest absolute Gasteiger partial charge is 0.305 e. The fourth-order valence-corrected chi connectivity index (χ4v) is 5.69. The minimum atomic E-state index is -1.32. The van der Waals surface area contributed by atoms with Crippen LogP contribution >= 0.6 is 0 Å². The SMILES string of the molecule is CCCCCCCOc1ccc(-c2cnc(-c3ccc(CC(NC(=O)c4ccc(C(C)(C)C)cc4)C(=O)NC(CC(=O)O)C(=O)NC)cc3)nc2)cc1. The molecule has 2 atom stereocenters. The Hall–Kier alpha value is -5.58. The second kappa shape index (κ2) is 19.3. The van der Waals surface area contributed by atoms with Crippen molar-refractivity contribution in [3.63, 3.8) is 0 Å². The number of rotatable bonds is 18. The van der Waals surface area contributed by atoms with Gasteiger partial charge in [-0.1, -0.05) is 102 Å². The molecule has 0 aliphatic rings. The van der Waals surface area contributed by atoms with E-state index in [9.17, 15) is 24.3 Å². The Kier molecular flexibility index (Phi) is 14.6. The van der Waals surface area contributed by atoms with Crippen LogP contribution in [0.3, 0.4) is 0 Å². The maximum absolute atomic E-state index is 13.5. The number of benzene rings is 3. The Morgan fingerprint density at radius 1 is 0.736 bits per heavy atom. The molecule has 11 heteroatoms. The highest BCUT2D eigenvalue weighted by atomic mass is 16.5. The van der Waals surface area contributed by atoms with Gasteiger partial charge in [-0.05, 0) is 52.8 Å². The number of aromatic nitrogens is 2. The van der Waals surface area contributed by atoms with Crippen molar-refractivity contribution in [2.45, 2.75) is 90.1 Å². The lowest BCUT2D eigenvalue weighted by atomic mass is 9.86. The maximum Gasteiger partial charge on any atom is 0.305 e. The molecule has 280 valence electrons. The number of carboxylic acid groups (broad SMARTS) is 1. The molecule has 3 aromatic carbocycles. The molecule has 1 heterocycles. The van der Waals surface area contributed by atoms with E-state index in [1.54, 1.807) is 24.5 Å². The van der Waals surface area contributed by atoms with Gasteiger partial charge in [-0.2, -0.15) is 0 Å². The molecular weight excluding hydrogens is 670 g/mol. The summed E-state index contributed by atoms with van der Waals surface area (Å²) in [6.07, 6.45) is 8.94. The van der Waals surface area contributed by atoms with Crippen molar-refractivity contribution in [1.29, 1.82) is 0 Å². The lowest BCUT2D eigenvalue weighted by Gasteiger charge is -2.23. The van der Waals surface area contributed by atoms with Crippen LogP contribution in [0.2, 0.25) is 0 Å². The normalized spacial score (nSPS) is 12.3. The molecule has 0 aliphatic heterocycles. The van der Waals surface area contributed by atoms with Crippen LogP contribution in [-0.2, 0) is 26.2 Å². The quantitative estimate of drug-likeness (QED) is 0.0848. The lowest BCUT2D eigenvalue weighted by molar-refractivity contribution is -0.140. The number of hydrogen-bond acceptors (Lipinski definition) is 7. The summed E-state index contributed by atoms with van der Waals surface area (Å²) in [6.45, 7) is 9.13. The molecule has 0 aliphatic carbocycles. The van der Waals surface area contributed by atoms with Crippen LogP contribution in [0.4, 0.5) is 0 Å². The van der Waals surface area contributed by atoms with Crippen molar-refractivity contribution in [1.82, 2.24) is 25.9 Å². The minimum absolute atomic E-state index is 0.0732. The number of likely N-dealkylation sites (N-methyl/N-ethyl adjacent to an activating group) is 1. The molecule has 0 saturated heterocycles. The predicted molar refractivity (Wildman–Crippen MR) is 206 cm³/mol. The van der Waals surface area contributed by atoms with Gasteiger partial charge in [-0.3, -0.25) is 19.2 Å². The second-order valence-corrected chi connectivity index (χ2v) is 14.1. The third kappa shape index (κ3) is 12.3. The van der Waals surface area contributed by atoms with Gasteiger partial charge in [-0.25, -0.2) is 9.97 Å². The molecular formula is C42H51N5O6. The van der Waals surface area contributed by atoms with Crippen LogP contribution < -0.4 is 20.7 Å². The molecule has 0 saturated carbocycles. The Bertz CT molecular complexity index is 1800. The van der Waals surface area contributed by atoms with Crippen LogP contribution in [0, 0.1) is 0 Å². The second-order valence-electron chi connectivity index (χ2n) is 14.1. The zero-order valence-electron chi connectivity index (χ0n) is 31.3. The van der Waals surface area contributed by atoms with Crippen LogP contribution in [0.5, 0.6) is 5.75 Å². The van der Waals surface area contributed by atoms with E-state index >= 15 is 0 Å². The summed E-state index contributed by atoms with van der Waals surface area (Å²) in [5, 5.41) is 17.0. The number of carboxylic acids is 1. The largest absolute Gasteiger partial charge is 0.494 e. The highest BCUT2D eigenvalue weighted by Crippen LogP contribution is 2.25. The van der Waals surface area contributed by atoms with Crippen LogP contribution in [-0.4, -0.2) is 64.5 Å². The first kappa shape index (κ1) is 40.2. The van der Waals surface area contributed by atoms with Crippen molar-refractivity contribution in [3.8, 4) is 28.3 Å². The molecule has 4 rings (SSSR count). The zero-order valence-corrected chi connectivity index (χ0v) is 31.3. The summed E-state index contributed by atoms with van der Waals surface area (Å²) in [6, 6.07) is 19.9. The molecule has 1 aromatic heterocycles. The number of nitrogens with one attached hydrogen (secondary N) is 3. The molecule has 2 unspecified atom stereocenters. The third-order valence-corrected chi connectivity index (χ3v) is 8.90. The van der Waals surface area contributed by atoms with Crippen LogP contribution in [0.15, 0.2) is 85.2 Å². The van der Waals surface area contributed by atoms with Crippen LogP contribution in [0.25, 0.3) is 22.5 Å². The predicted octanol–water partition coefficient (Wildman–Crippen LogP) is 6.50. The van der Waals surface area contributed by atoms with E-state index in [0.717, 1.165) is 34.4 Å². The number of carbonyl (C=O) groups is 4. The monoisotopic (exact) mass is 721 g/mol. The molecule has 53 heavy (non-hydrogen) atoms. The van der Waals surface area contributed by atoms with E-state index in [1.165, 1.54) is 32.7 Å². The van der Waals surface area contributed by atoms with E-state index < -0.39 is 42.2 Å². The van der Waals surface area contributed by atoms with E-state index in [2.05, 4.69) is 53.6 Å². The van der Waals surface area contributed by atoms with Crippen LogP contribution in [0.1, 0.15) is 87.7 Å². The molecule has 0 spiro atoms. The topological polar surface area (TPSA) is 160 Å². The van der Waals surface area contributed by atoms with Gasteiger partial charge < -0.3 is 25.8 Å². The Morgan fingerprint density at radius 3 is 1.94 bits per heavy atom. The number of ether oxygens (including phenoxy) is 1. The summed E-state index contributed by atoms with van der Waals surface area (Å²) in [5.41, 5.74) is 4.61. The average molecular weight is 722 g/mol. The lowest BCUT2D eigenvalue weighted by Crippen LogP contribution is -2.54. The highest BCUT2D eigenvalue weighted by Gasteiger charge is 2.29. The first-order chi connectivity index (χ1) is 25.4. The molecule has 0 radical (unpaired) electrons. The van der Waals surface area contributed by atoms with Crippen molar-refractivity contribution in [3.05, 3.63) is 102 Å². The summed E-state index contributed by atoms with van der Waals surface area (Å²) in [5.74, 6) is -1.73. The van der Waals surface area contributed by atoms with E-state index in [0.29, 0.717) is 23.6 Å². The van der Waals surface area contributed by atoms with Gasteiger partial charge in [0.05, 0.1) is 13.0 Å². The molecule has 0 fully saturated rings. The van der Waals surface area contributed by atoms with E-state index in [4.69, 9.17) is 4.74 Å². The molecule has 11 nitrogen and oxygen atoms in total. The van der Waals surface area contributed by atoms with Crippen molar-refractivity contribution in [2.75, 3.05) is 13.7 Å². The Morgan fingerprint density at radius 2 is 1.36 bits per heavy atom. The van der Waals surface area contributed by atoms with Gasteiger partial charge in [0.2, 0.25) is 11.8 Å². The van der Waals surface area contributed by atoms with Gasteiger partial charge in [-0.15, -0.1) is 0 Å². The number of hydrogen-bond donors (Lipinski definition) is 4. The average Bonchev–Trinajstić information content (AvgIpc) is 3.15. The fourth-order valence-electron chi connectivity index (χ4n) is 5.69. The van der Waals surface area contributed by atoms with Gasteiger partial charge >= 0.3 is 5.97 Å². The third-order valence-electron chi connectivity index (χ3n) is 8.90. The minimum Gasteiger partial charge on any atom is -0.494 e. The highest BCUT2D eigenvalue weighted by molar-refractivity contribution is 5.99. The first-order valence-corrected chi connectivity index (χ1v) is 18.2. The summed E-state index contributed by atoms with van der Waals surface area (Å²) in [7, 11) is 1.35. The number of carbonyl (C=O) groups excluding carboxylic acids is 3. The van der Waals surface area contributed by atoms with Gasteiger partial charge in [0.15, 0.2) is 5.82 Å². The summed E-state index contributed by atoms with van der Waals surface area (Å²) >= 11 is 0. The zero-order chi connectivity index (χ0) is 38.4. The van der Waals surface area contributed by atoms with Gasteiger partial charge in [0.1, 0.15) is 17.8 Å². The molecule has 4 aromatic rings. The standard InChI is InChI=1S/C42H51N5O6/c1-6-7-8-9-10-23-53-34-21-17-29(18-22-34)32-26-44-38(45-27-32)30-13-11-28(12-14-30)24-35(41(52)47-36(25-37(48)49)40(51)43-5)46-39(50)31-15-19-33(20-16-31)42(2,3)4/h11-22,26-27,35-36H,6-10,23-25H2,1-5H3,(H,43,51)(H,46,50)(H,47,52)(H,48,49). The summed E-state index contributed by atoms with van der Waals surface area (Å²) < 4.78 is 5.89. The van der Waals surface area contributed by atoms with E-state index in [-0.39, 0.29) is 11.8 Å². The number of nitrogens with zero attached hydrogens (tertiary/aromatic N) is 2. The Labute approximate surface area is 312 Å². The molecule has 3 amide bonds. The van der Waals surface area contributed by atoms with E-state index in [1.807, 2.05) is 60.7 Å². The number of unbranched alkanes of at least 4 members (excludes halogenated alkanes) is 4. The number of aliphatic carboxylic acids is 1.